The maximum absolute atomic E-state index is 5.99. The van der Waals surface area contributed by atoms with Crippen molar-refractivity contribution >= 4 is 29.3 Å². The van der Waals surface area contributed by atoms with E-state index >= 15 is 0 Å². The Morgan fingerprint density at radius 2 is 2.18 bits per heavy atom. The van der Waals surface area contributed by atoms with Crippen LogP contribution >= 0.6 is 11.6 Å². The van der Waals surface area contributed by atoms with Gasteiger partial charge < -0.3 is 20.2 Å². The zero-order valence-electron chi connectivity index (χ0n) is 9.32. The minimum absolute atomic E-state index is 0.00264. The Labute approximate surface area is 103 Å². The molecule has 2 aromatic rings. The number of nitrogens with zero attached hydrogens (tertiary/aromatic N) is 2. The standard InChI is InChI=1S/C10H11ClN4O2/c1-5-3-7(8(16-2)4-6(5)11)13-10-15-14-9(12)17-10/h3-4H,1-2H3,(H2,12,14)(H,13,15). The molecule has 0 atom stereocenters. The monoisotopic (exact) mass is 254 g/mol. The number of halogens is 1. The Kier molecular flexibility index (Phi) is 3.06. The third-order valence-electron chi connectivity index (χ3n) is 2.16. The largest absolute Gasteiger partial charge is 0.495 e. The maximum Gasteiger partial charge on any atom is 0.321 e. The van der Waals surface area contributed by atoms with E-state index in [2.05, 4.69) is 15.5 Å². The molecule has 1 heterocycles. The van der Waals surface area contributed by atoms with E-state index in [9.17, 15) is 0 Å². The lowest BCUT2D eigenvalue weighted by Gasteiger charge is -2.10. The number of hydrogen-bond acceptors (Lipinski definition) is 6. The van der Waals surface area contributed by atoms with Gasteiger partial charge in [-0.2, -0.15) is 0 Å². The molecule has 2 rings (SSSR count). The summed E-state index contributed by atoms with van der Waals surface area (Å²) in [5, 5.41) is 10.8. The fourth-order valence-corrected chi connectivity index (χ4v) is 1.48. The number of rotatable bonds is 3. The maximum atomic E-state index is 5.99. The third kappa shape index (κ3) is 2.42. The number of nitrogens with two attached hydrogens (primary N) is 1. The summed E-state index contributed by atoms with van der Waals surface area (Å²) in [5.41, 5.74) is 6.91. The molecule has 0 aliphatic heterocycles. The second kappa shape index (κ2) is 4.50. The van der Waals surface area contributed by atoms with E-state index in [0.717, 1.165) is 5.56 Å². The zero-order valence-corrected chi connectivity index (χ0v) is 10.1. The van der Waals surface area contributed by atoms with E-state index in [-0.39, 0.29) is 12.0 Å². The molecule has 0 spiro atoms. The lowest BCUT2D eigenvalue weighted by molar-refractivity contribution is 0.416. The van der Waals surface area contributed by atoms with Gasteiger partial charge in [0.25, 0.3) is 0 Å². The van der Waals surface area contributed by atoms with E-state index in [1.165, 1.54) is 0 Å². The highest BCUT2D eigenvalue weighted by Crippen LogP contribution is 2.32. The normalized spacial score (nSPS) is 10.3. The molecular formula is C10H11ClN4O2. The molecule has 0 saturated carbocycles. The molecule has 0 aliphatic rings. The van der Waals surface area contributed by atoms with Crippen LogP contribution < -0.4 is 15.8 Å². The SMILES string of the molecule is COc1cc(Cl)c(C)cc1Nc1nnc(N)o1. The molecule has 0 aliphatic carbocycles. The van der Waals surface area contributed by atoms with Crippen LogP contribution in [0.3, 0.4) is 0 Å². The number of nitrogens with one attached hydrogen (secondary N) is 1. The number of methoxy groups -OCH3 is 1. The van der Waals surface area contributed by atoms with Gasteiger partial charge in [0.05, 0.1) is 12.8 Å². The first kappa shape index (κ1) is 11.5. The predicted octanol–water partition coefficient (Wildman–Crippen LogP) is 2.37. The van der Waals surface area contributed by atoms with E-state index in [1.54, 1.807) is 13.2 Å². The molecule has 6 nitrogen and oxygen atoms in total. The van der Waals surface area contributed by atoms with Crippen molar-refractivity contribution in [3.63, 3.8) is 0 Å². The summed E-state index contributed by atoms with van der Waals surface area (Å²) in [5.74, 6) is 0.581. The molecule has 3 N–H and O–H groups in total. The first-order valence-electron chi connectivity index (χ1n) is 4.80. The van der Waals surface area contributed by atoms with Crippen LogP contribution in [0.1, 0.15) is 5.56 Å². The molecule has 7 heteroatoms. The van der Waals surface area contributed by atoms with Gasteiger partial charge in [0.15, 0.2) is 0 Å². The summed E-state index contributed by atoms with van der Waals surface area (Å²) >= 11 is 5.99. The molecule has 0 unspecified atom stereocenters. The Hall–Kier alpha value is -1.95. The smallest absolute Gasteiger partial charge is 0.321 e. The highest BCUT2D eigenvalue weighted by molar-refractivity contribution is 6.31. The van der Waals surface area contributed by atoms with Crippen molar-refractivity contribution in [2.45, 2.75) is 6.92 Å². The summed E-state index contributed by atoms with van der Waals surface area (Å²) in [7, 11) is 1.55. The van der Waals surface area contributed by atoms with Gasteiger partial charge in [-0.05, 0) is 18.6 Å². The Morgan fingerprint density at radius 1 is 1.41 bits per heavy atom. The summed E-state index contributed by atoms with van der Waals surface area (Å²) in [6, 6.07) is 3.72. The van der Waals surface area contributed by atoms with E-state index in [0.29, 0.717) is 16.5 Å². The molecule has 17 heavy (non-hydrogen) atoms. The molecule has 90 valence electrons. The summed E-state index contributed by atoms with van der Waals surface area (Å²) in [6.45, 7) is 1.88. The van der Waals surface area contributed by atoms with Crippen LogP contribution in [0.25, 0.3) is 0 Å². The number of aromatic nitrogens is 2. The van der Waals surface area contributed by atoms with Gasteiger partial charge in [0.1, 0.15) is 5.75 Å². The number of nitrogen functional groups attached to an aromatic ring is 1. The highest BCUT2D eigenvalue weighted by atomic mass is 35.5. The average Bonchev–Trinajstić information content (AvgIpc) is 2.69. The lowest BCUT2D eigenvalue weighted by Crippen LogP contribution is -1.96. The number of benzene rings is 1. The minimum Gasteiger partial charge on any atom is -0.495 e. The lowest BCUT2D eigenvalue weighted by atomic mass is 10.2. The van der Waals surface area contributed by atoms with Crippen molar-refractivity contribution in [2.75, 3.05) is 18.2 Å². The van der Waals surface area contributed by atoms with Crippen molar-refractivity contribution < 1.29 is 9.15 Å². The van der Waals surface area contributed by atoms with Gasteiger partial charge in [-0.3, -0.25) is 0 Å². The summed E-state index contributed by atoms with van der Waals surface area (Å²) < 4.78 is 10.2. The highest BCUT2D eigenvalue weighted by Gasteiger charge is 2.10. The molecule has 0 bridgehead atoms. The first-order valence-corrected chi connectivity index (χ1v) is 5.18. The first-order chi connectivity index (χ1) is 8.10. The second-order valence-electron chi connectivity index (χ2n) is 3.37. The summed E-state index contributed by atoms with van der Waals surface area (Å²) in [6.07, 6.45) is 0. The molecule has 1 aromatic carbocycles. The fraction of sp³-hybridized carbons (Fsp3) is 0.200. The van der Waals surface area contributed by atoms with Gasteiger partial charge in [-0.15, -0.1) is 0 Å². The van der Waals surface area contributed by atoms with Crippen LogP contribution in [0.2, 0.25) is 5.02 Å². The number of anilines is 3. The number of aryl methyl sites for hydroxylation is 1. The summed E-state index contributed by atoms with van der Waals surface area (Å²) in [4.78, 5) is 0. The van der Waals surface area contributed by atoms with Crippen molar-refractivity contribution in [1.29, 1.82) is 0 Å². The van der Waals surface area contributed by atoms with Gasteiger partial charge >= 0.3 is 12.0 Å². The third-order valence-corrected chi connectivity index (χ3v) is 2.57. The number of ether oxygens (including phenoxy) is 1. The van der Waals surface area contributed by atoms with Crippen molar-refractivity contribution in [1.82, 2.24) is 10.2 Å². The van der Waals surface area contributed by atoms with Gasteiger partial charge in [0.2, 0.25) is 0 Å². The molecule has 1 aromatic heterocycles. The zero-order chi connectivity index (χ0) is 12.4. The predicted molar refractivity (Wildman–Crippen MR) is 64.7 cm³/mol. The second-order valence-corrected chi connectivity index (χ2v) is 3.78. The van der Waals surface area contributed by atoms with Gasteiger partial charge in [-0.25, -0.2) is 0 Å². The van der Waals surface area contributed by atoms with Crippen LogP contribution in [0.5, 0.6) is 5.75 Å². The van der Waals surface area contributed by atoms with Crippen LogP contribution in [-0.4, -0.2) is 17.3 Å². The van der Waals surface area contributed by atoms with Crippen molar-refractivity contribution in [2.24, 2.45) is 0 Å². The average molecular weight is 255 g/mol. The Balaban J connectivity index is 2.34. The molecule has 0 fully saturated rings. The van der Waals surface area contributed by atoms with Crippen LogP contribution in [-0.2, 0) is 0 Å². The van der Waals surface area contributed by atoms with Crippen LogP contribution in [0, 0.1) is 6.92 Å². The van der Waals surface area contributed by atoms with Crippen molar-refractivity contribution in [3.8, 4) is 5.75 Å². The van der Waals surface area contributed by atoms with Gasteiger partial charge in [0, 0.05) is 11.1 Å². The van der Waals surface area contributed by atoms with E-state index < -0.39 is 0 Å². The number of hydrogen-bond donors (Lipinski definition) is 2. The minimum atomic E-state index is -0.00264. The molecular weight excluding hydrogens is 244 g/mol. The molecule has 0 amide bonds. The van der Waals surface area contributed by atoms with E-state index in [4.69, 9.17) is 26.5 Å². The van der Waals surface area contributed by atoms with Gasteiger partial charge in [-0.1, -0.05) is 21.8 Å². The fourth-order valence-electron chi connectivity index (χ4n) is 1.33. The topological polar surface area (TPSA) is 86.2 Å². The Morgan fingerprint density at radius 3 is 2.76 bits per heavy atom. The van der Waals surface area contributed by atoms with E-state index in [1.807, 2.05) is 13.0 Å². The quantitative estimate of drug-likeness (QED) is 0.874. The molecule has 0 radical (unpaired) electrons. The van der Waals surface area contributed by atoms with Crippen LogP contribution in [0.15, 0.2) is 16.5 Å². The molecule has 0 saturated heterocycles. The Bertz CT molecular complexity index is 541. The van der Waals surface area contributed by atoms with Crippen molar-refractivity contribution in [3.05, 3.63) is 22.7 Å². The van der Waals surface area contributed by atoms with Crippen LogP contribution in [0.4, 0.5) is 17.7 Å².